The Morgan fingerprint density at radius 2 is 1.60 bits per heavy atom. The first kappa shape index (κ1) is 24.0. The molecule has 0 fully saturated rings. The molecular weight excluding hydrogens is 444 g/mol. The number of carbonyl (C=O) groups excluding carboxylic acids is 2. The van der Waals surface area contributed by atoms with Crippen LogP contribution in [-0.4, -0.2) is 35.7 Å². The maximum absolute atomic E-state index is 12.6. The second-order valence-corrected chi connectivity index (χ2v) is 8.59. The molecule has 0 bridgehead atoms. The summed E-state index contributed by atoms with van der Waals surface area (Å²) in [6.07, 6.45) is 0.563. The molecule has 3 aromatic rings. The van der Waals surface area contributed by atoms with E-state index in [9.17, 15) is 14.4 Å². The number of benzene rings is 3. The number of carbonyl (C=O) groups is 3. The monoisotopic (exact) mass is 472 g/mol. The van der Waals surface area contributed by atoms with Crippen molar-refractivity contribution in [1.82, 2.24) is 5.32 Å². The first-order chi connectivity index (χ1) is 17.0. The van der Waals surface area contributed by atoms with Crippen LogP contribution in [0.1, 0.15) is 53.6 Å². The van der Waals surface area contributed by atoms with Crippen LogP contribution in [0.3, 0.4) is 0 Å². The summed E-state index contributed by atoms with van der Waals surface area (Å²) >= 11 is 0. The number of nitrogens with one attached hydrogen (secondary N) is 2. The Morgan fingerprint density at radius 3 is 2.23 bits per heavy atom. The average molecular weight is 473 g/mol. The standard InChI is InChI=1S/C28H28N2O5/c1-2-8-19(16-26(31)32)29-27(33)18-9-7-10-20(15-18)30-28(34)35-17-25-23-13-5-3-11-21(23)22-12-4-6-14-24(22)25/h3-7,9-15,19,25H,2,8,16-17H2,1H3,(H,29,33)(H,30,34)(H,31,32)/t19-/m0/s1. The first-order valence-corrected chi connectivity index (χ1v) is 11.7. The Hall–Kier alpha value is -4.13. The molecule has 0 saturated heterocycles. The van der Waals surface area contributed by atoms with Gasteiger partial charge in [0.05, 0.1) is 6.42 Å². The summed E-state index contributed by atoms with van der Waals surface area (Å²) in [5.41, 5.74) is 5.31. The molecule has 4 rings (SSSR count). The van der Waals surface area contributed by atoms with Crippen molar-refractivity contribution in [3.8, 4) is 11.1 Å². The van der Waals surface area contributed by atoms with Gasteiger partial charge in [-0.05, 0) is 46.9 Å². The Kier molecular flexibility index (Phi) is 7.45. The highest BCUT2D eigenvalue weighted by atomic mass is 16.5. The number of fused-ring (bicyclic) bond motifs is 3. The largest absolute Gasteiger partial charge is 0.481 e. The van der Waals surface area contributed by atoms with E-state index >= 15 is 0 Å². The maximum atomic E-state index is 12.6. The van der Waals surface area contributed by atoms with Crippen molar-refractivity contribution in [2.75, 3.05) is 11.9 Å². The van der Waals surface area contributed by atoms with E-state index in [4.69, 9.17) is 9.84 Å². The lowest BCUT2D eigenvalue weighted by Gasteiger charge is -2.17. The maximum Gasteiger partial charge on any atom is 0.411 e. The molecule has 0 saturated carbocycles. The van der Waals surface area contributed by atoms with Crippen molar-refractivity contribution in [2.45, 2.75) is 38.1 Å². The van der Waals surface area contributed by atoms with Crippen LogP contribution in [0.4, 0.5) is 10.5 Å². The normalized spacial score (nSPS) is 12.8. The minimum Gasteiger partial charge on any atom is -0.481 e. The molecule has 3 aromatic carbocycles. The highest BCUT2D eigenvalue weighted by Gasteiger charge is 2.29. The zero-order valence-electron chi connectivity index (χ0n) is 19.5. The Morgan fingerprint density at radius 1 is 0.943 bits per heavy atom. The summed E-state index contributed by atoms with van der Waals surface area (Å²) < 4.78 is 5.57. The third-order valence-electron chi connectivity index (χ3n) is 6.11. The van der Waals surface area contributed by atoms with Gasteiger partial charge in [0.2, 0.25) is 0 Å². The second-order valence-electron chi connectivity index (χ2n) is 8.59. The third kappa shape index (κ3) is 5.69. The summed E-state index contributed by atoms with van der Waals surface area (Å²) in [5, 5.41) is 14.5. The molecule has 35 heavy (non-hydrogen) atoms. The number of rotatable bonds is 9. The second kappa shape index (κ2) is 10.9. The number of hydrogen-bond acceptors (Lipinski definition) is 4. The fraction of sp³-hybridized carbons (Fsp3) is 0.250. The van der Waals surface area contributed by atoms with Gasteiger partial charge in [-0.2, -0.15) is 0 Å². The first-order valence-electron chi connectivity index (χ1n) is 11.7. The van der Waals surface area contributed by atoms with E-state index in [-0.39, 0.29) is 24.9 Å². The molecule has 180 valence electrons. The SMILES string of the molecule is CCC[C@@H](CC(=O)O)NC(=O)c1cccc(NC(=O)OCC2c3ccccc3-c3ccccc32)c1. The zero-order valence-corrected chi connectivity index (χ0v) is 19.5. The molecule has 2 amide bonds. The molecule has 1 aliphatic carbocycles. The lowest BCUT2D eigenvalue weighted by molar-refractivity contribution is -0.137. The summed E-state index contributed by atoms with van der Waals surface area (Å²) in [4.78, 5) is 36.3. The molecule has 1 aliphatic rings. The molecule has 3 N–H and O–H groups in total. The lowest BCUT2D eigenvalue weighted by Crippen LogP contribution is -2.36. The molecule has 1 atom stereocenters. The fourth-order valence-corrected chi connectivity index (χ4v) is 4.54. The minimum atomic E-state index is -0.963. The Bertz CT molecular complexity index is 1190. The summed E-state index contributed by atoms with van der Waals surface area (Å²) in [6, 6.07) is 22.2. The fourth-order valence-electron chi connectivity index (χ4n) is 4.54. The Labute approximate surface area is 204 Å². The molecule has 0 radical (unpaired) electrons. The van der Waals surface area contributed by atoms with Crippen LogP contribution in [0.2, 0.25) is 0 Å². The predicted molar refractivity (Wildman–Crippen MR) is 134 cm³/mol. The smallest absolute Gasteiger partial charge is 0.411 e. The number of anilines is 1. The molecule has 0 spiro atoms. The molecule has 0 heterocycles. The van der Waals surface area contributed by atoms with Crippen LogP contribution in [0, 0.1) is 0 Å². The Balaban J connectivity index is 1.38. The van der Waals surface area contributed by atoms with E-state index < -0.39 is 18.1 Å². The van der Waals surface area contributed by atoms with Crippen molar-refractivity contribution in [3.63, 3.8) is 0 Å². The molecule has 0 aliphatic heterocycles. The van der Waals surface area contributed by atoms with Crippen molar-refractivity contribution in [1.29, 1.82) is 0 Å². The molecule has 0 aromatic heterocycles. The molecule has 0 unspecified atom stereocenters. The van der Waals surface area contributed by atoms with Gasteiger partial charge in [-0.1, -0.05) is 67.9 Å². The number of hydrogen-bond donors (Lipinski definition) is 3. The topological polar surface area (TPSA) is 105 Å². The van der Waals surface area contributed by atoms with E-state index in [1.807, 2.05) is 31.2 Å². The van der Waals surface area contributed by atoms with Crippen molar-refractivity contribution < 1.29 is 24.2 Å². The molecule has 7 heteroatoms. The van der Waals surface area contributed by atoms with Gasteiger partial charge in [-0.15, -0.1) is 0 Å². The van der Waals surface area contributed by atoms with Crippen LogP contribution in [0.15, 0.2) is 72.8 Å². The van der Waals surface area contributed by atoms with Gasteiger partial charge < -0.3 is 15.2 Å². The van der Waals surface area contributed by atoms with Gasteiger partial charge in [0, 0.05) is 23.2 Å². The number of ether oxygens (including phenoxy) is 1. The number of carboxylic acids is 1. The van der Waals surface area contributed by atoms with E-state index in [2.05, 4.69) is 34.9 Å². The van der Waals surface area contributed by atoms with Crippen molar-refractivity contribution in [2.24, 2.45) is 0 Å². The highest BCUT2D eigenvalue weighted by Crippen LogP contribution is 2.44. The van der Waals surface area contributed by atoms with E-state index in [1.54, 1.807) is 24.3 Å². The van der Waals surface area contributed by atoms with Gasteiger partial charge in [0.25, 0.3) is 5.91 Å². The van der Waals surface area contributed by atoms with Crippen LogP contribution in [-0.2, 0) is 9.53 Å². The zero-order chi connectivity index (χ0) is 24.8. The average Bonchev–Trinajstić information content (AvgIpc) is 3.16. The summed E-state index contributed by atoms with van der Waals surface area (Å²) in [7, 11) is 0. The quantitative estimate of drug-likeness (QED) is 0.386. The lowest BCUT2D eigenvalue weighted by atomic mass is 9.98. The van der Waals surface area contributed by atoms with Crippen molar-refractivity contribution >= 4 is 23.7 Å². The van der Waals surface area contributed by atoms with Crippen LogP contribution in [0.5, 0.6) is 0 Å². The van der Waals surface area contributed by atoms with Gasteiger partial charge in [-0.25, -0.2) is 4.79 Å². The number of carboxylic acid groups (broad SMARTS) is 1. The van der Waals surface area contributed by atoms with Gasteiger partial charge in [0.1, 0.15) is 6.61 Å². The number of aliphatic carboxylic acids is 1. The molecular formula is C28H28N2O5. The van der Waals surface area contributed by atoms with Gasteiger partial charge in [0.15, 0.2) is 0 Å². The van der Waals surface area contributed by atoms with E-state index in [1.165, 1.54) is 0 Å². The van der Waals surface area contributed by atoms with E-state index in [0.29, 0.717) is 17.7 Å². The van der Waals surface area contributed by atoms with Gasteiger partial charge >= 0.3 is 12.1 Å². The molecule has 7 nitrogen and oxygen atoms in total. The van der Waals surface area contributed by atoms with Crippen molar-refractivity contribution in [3.05, 3.63) is 89.5 Å². The summed E-state index contributed by atoms with van der Waals surface area (Å²) in [5.74, 6) is -1.40. The van der Waals surface area contributed by atoms with Crippen LogP contribution < -0.4 is 10.6 Å². The third-order valence-corrected chi connectivity index (χ3v) is 6.11. The number of amides is 2. The predicted octanol–water partition coefficient (Wildman–Crippen LogP) is 5.42. The van der Waals surface area contributed by atoms with E-state index in [0.717, 1.165) is 28.7 Å². The highest BCUT2D eigenvalue weighted by molar-refractivity contribution is 5.96. The van der Waals surface area contributed by atoms with Crippen LogP contribution in [0.25, 0.3) is 11.1 Å². The van der Waals surface area contributed by atoms with Gasteiger partial charge in [-0.3, -0.25) is 14.9 Å². The summed E-state index contributed by atoms with van der Waals surface area (Å²) in [6.45, 7) is 2.12. The minimum absolute atomic E-state index is 0.0463. The van der Waals surface area contributed by atoms with Crippen LogP contribution >= 0.6 is 0 Å².